The van der Waals surface area contributed by atoms with Crippen molar-refractivity contribution in [3.63, 3.8) is 0 Å². The molecule has 2 rings (SSSR count). The van der Waals surface area contributed by atoms with E-state index in [0.717, 1.165) is 11.3 Å². The summed E-state index contributed by atoms with van der Waals surface area (Å²) < 4.78 is 0. The zero-order valence-electron chi connectivity index (χ0n) is 11.3. The molecule has 0 fully saturated rings. The van der Waals surface area contributed by atoms with Gasteiger partial charge in [0.05, 0.1) is 5.76 Å². The van der Waals surface area contributed by atoms with E-state index in [1.807, 2.05) is 42.5 Å². The van der Waals surface area contributed by atoms with E-state index in [-0.39, 0.29) is 31.0 Å². The summed E-state index contributed by atoms with van der Waals surface area (Å²) in [5.74, 6) is -0.0625. The Morgan fingerprint density at radius 2 is 1.90 bits per heavy atom. The first-order chi connectivity index (χ1) is 9.09. The minimum Gasteiger partial charge on any atom is -0.512 e. The molecule has 0 aliphatic heterocycles. The summed E-state index contributed by atoms with van der Waals surface area (Å²) in [5, 5.41) is 8.36. The molecule has 0 unspecified atom stereocenters. The first kappa shape index (κ1) is 18.2. The third kappa shape index (κ3) is 7.60. The molecule has 1 aromatic carbocycles. The number of nitrogens with zero attached hydrogens (tertiary/aromatic N) is 1. The zero-order valence-corrected chi connectivity index (χ0v) is 13.0. The number of allylic oxidation sites excluding steroid dienone is 2. The number of hydrogen-bond acceptors (Lipinski definition) is 3. The number of pyridine rings is 1. The average molecular weight is 357 g/mol. The van der Waals surface area contributed by atoms with E-state index in [2.05, 4.69) is 11.1 Å². The third-order valence-electron chi connectivity index (χ3n) is 2.06. The molecular formula is C16H16NO2Rh-. The van der Waals surface area contributed by atoms with Crippen LogP contribution in [0.4, 0.5) is 0 Å². The van der Waals surface area contributed by atoms with E-state index in [9.17, 15) is 4.79 Å². The number of carbonyl (C=O) groups excluding carboxylic acids is 1. The van der Waals surface area contributed by atoms with Crippen LogP contribution in [0.5, 0.6) is 0 Å². The molecule has 107 valence electrons. The van der Waals surface area contributed by atoms with Gasteiger partial charge in [0.1, 0.15) is 0 Å². The molecule has 0 spiro atoms. The van der Waals surface area contributed by atoms with E-state index in [1.54, 1.807) is 6.20 Å². The Hall–Kier alpha value is -1.80. The molecule has 2 aromatic rings. The molecule has 0 bridgehead atoms. The van der Waals surface area contributed by atoms with Gasteiger partial charge in [0.15, 0.2) is 5.78 Å². The SMILES string of the molecule is CC(=O)C=C(C)O.[Rh].[c-]1ccccc1-c1ccccn1. The maximum atomic E-state index is 10.0. The van der Waals surface area contributed by atoms with Crippen molar-refractivity contribution in [3.8, 4) is 11.3 Å². The number of hydrogen-bond donors (Lipinski definition) is 1. The van der Waals surface area contributed by atoms with Gasteiger partial charge >= 0.3 is 0 Å². The van der Waals surface area contributed by atoms with Gasteiger partial charge in [0, 0.05) is 31.8 Å². The predicted molar refractivity (Wildman–Crippen MR) is 75.6 cm³/mol. The van der Waals surface area contributed by atoms with Crippen LogP contribution in [0, 0.1) is 6.07 Å². The van der Waals surface area contributed by atoms with Crippen LogP contribution in [0.3, 0.4) is 0 Å². The molecule has 20 heavy (non-hydrogen) atoms. The first-order valence-corrected chi connectivity index (χ1v) is 5.85. The quantitative estimate of drug-likeness (QED) is 0.387. The van der Waals surface area contributed by atoms with E-state index < -0.39 is 0 Å². The molecule has 1 N–H and O–H groups in total. The van der Waals surface area contributed by atoms with Gasteiger partial charge in [-0.3, -0.25) is 4.79 Å². The summed E-state index contributed by atoms with van der Waals surface area (Å²) in [6.45, 7) is 2.85. The molecule has 0 saturated carbocycles. The van der Waals surface area contributed by atoms with Crippen molar-refractivity contribution in [2.45, 2.75) is 13.8 Å². The molecule has 0 atom stereocenters. The molecule has 1 radical (unpaired) electrons. The fourth-order valence-electron chi connectivity index (χ4n) is 1.37. The Kier molecular flexibility index (Phi) is 9.14. The van der Waals surface area contributed by atoms with E-state index in [0.29, 0.717) is 0 Å². The van der Waals surface area contributed by atoms with Gasteiger partial charge in [-0.15, -0.1) is 35.9 Å². The van der Waals surface area contributed by atoms with Crippen LogP contribution in [0.25, 0.3) is 11.3 Å². The van der Waals surface area contributed by atoms with Gasteiger partial charge < -0.3 is 10.1 Å². The predicted octanol–water partition coefficient (Wildman–Crippen LogP) is 3.58. The van der Waals surface area contributed by atoms with Crippen molar-refractivity contribution < 1.29 is 29.4 Å². The van der Waals surface area contributed by atoms with Gasteiger partial charge in [0.2, 0.25) is 0 Å². The minimum atomic E-state index is -0.125. The monoisotopic (exact) mass is 357 g/mol. The summed E-state index contributed by atoms with van der Waals surface area (Å²) >= 11 is 0. The van der Waals surface area contributed by atoms with Gasteiger partial charge in [-0.1, -0.05) is 12.1 Å². The Labute approximate surface area is 132 Å². The zero-order chi connectivity index (χ0) is 14.1. The Morgan fingerprint density at radius 1 is 1.20 bits per heavy atom. The molecule has 4 heteroatoms. The van der Waals surface area contributed by atoms with Crippen molar-refractivity contribution in [1.82, 2.24) is 4.98 Å². The molecule has 0 aliphatic rings. The number of carbonyl (C=O) groups is 1. The normalized spacial score (nSPS) is 9.80. The number of aliphatic hydroxyl groups is 1. The van der Waals surface area contributed by atoms with Crippen molar-refractivity contribution in [3.05, 3.63) is 66.6 Å². The topological polar surface area (TPSA) is 50.2 Å². The van der Waals surface area contributed by atoms with Gasteiger partial charge in [-0.25, -0.2) is 0 Å². The molecule has 1 heterocycles. The molecule has 0 aliphatic carbocycles. The van der Waals surface area contributed by atoms with Crippen LogP contribution in [0.1, 0.15) is 13.8 Å². The maximum absolute atomic E-state index is 10.0. The van der Waals surface area contributed by atoms with Gasteiger partial charge in [-0.05, 0) is 25.6 Å². The number of benzene rings is 1. The maximum Gasteiger partial charge on any atom is 0.155 e. The van der Waals surface area contributed by atoms with E-state index in [4.69, 9.17) is 5.11 Å². The van der Waals surface area contributed by atoms with Crippen molar-refractivity contribution in [2.24, 2.45) is 0 Å². The minimum absolute atomic E-state index is 0. The second-order valence-corrected chi connectivity index (χ2v) is 3.89. The smallest absolute Gasteiger partial charge is 0.155 e. The average Bonchev–Trinajstić information content (AvgIpc) is 2.40. The number of aliphatic hydroxyl groups excluding tert-OH is 1. The third-order valence-corrected chi connectivity index (χ3v) is 2.06. The van der Waals surface area contributed by atoms with E-state index in [1.165, 1.54) is 19.9 Å². The number of ketones is 1. The summed E-state index contributed by atoms with van der Waals surface area (Å²) in [6.07, 6.45) is 2.95. The van der Waals surface area contributed by atoms with Crippen molar-refractivity contribution in [2.75, 3.05) is 0 Å². The Bertz CT molecular complexity index is 497. The molecule has 3 nitrogen and oxygen atoms in total. The van der Waals surface area contributed by atoms with E-state index >= 15 is 0 Å². The summed E-state index contributed by atoms with van der Waals surface area (Å²) in [6, 6.07) is 16.8. The van der Waals surface area contributed by atoms with Gasteiger partial charge in [-0.2, -0.15) is 0 Å². The standard InChI is InChI=1S/C11H8N.C5H8O2.Rh/c1-2-6-10(7-3-1)11-8-4-5-9-12-11;1-4(6)3-5(2)7;/h1-6,8-9H;3,6H,1-2H3;/q-1;;. The van der Waals surface area contributed by atoms with Crippen LogP contribution in [-0.2, 0) is 24.3 Å². The molecule has 0 saturated heterocycles. The largest absolute Gasteiger partial charge is 0.512 e. The van der Waals surface area contributed by atoms with Crippen LogP contribution in [-0.4, -0.2) is 15.9 Å². The fourth-order valence-corrected chi connectivity index (χ4v) is 1.37. The fraction of sp³-hybridized carbons (Fsp3) is 0.125. The van der Waals surface area contributed by atoms with Crippen molar-refractivity contribution in [1.29, 1.82) is 0 Å². The first-order valence-electron chi connectivity index (χ1n) is 5.85. The summed E-state index contributed by atoms with van der Waals surface area (Å²) in [5.41, 5.74) is 2.01. The second kappa shape index (κ2) is 10.0. The van der Waals surface area contributed by atoms with Crippen LogP contribution in [0.2, 0.25) is 0 Å². The summed E-state index contributed by atoms with van der Waals surface area (Å²) in [4.78, 5) is 14.2. The summed E-state index contributed by atoms with van der Waals surface area (Å²) in [7, 11) is 0. The second-order valence-electron chi connectivity index (χ2n) is 3.89. The van der Waals surface area contributed by atoms with Crippen LogP contribution >= 0.6 is 0 Å². The molecular weight excluding hydrogens is 341 g/mol. The number of aromatic nitrogens is 1. The number of rotatable bonds is 2. The van der Waals surface area contributed by atoms with Gasteiger partial charge in [0.25, 0.3) is 0 Å². The molecule has 1 aromatic heterocycles. The Morgan fingerprint density at radius 3 is 2.30 bits per heavy atom. The molecule has 0 amide bonds. The van der Waals surface area contributed by atoms with Crippen LogP contribution < -0.4 is 0 Å². The van der Waals surface area contributed by atoms with Crippen molar-refractivity contribution >= 4 is 5.78 Å². The Balaban J connectivity index is 0.000000396. The van der Waals surface area contributed by atoms with Crippen LogP contribution in [0.15, 0.2) is 60.5 Å².